The molecule has 3 heterocycles. The van der Waals surface area contributed by atoms with Crippen LogP contribution in [0.25, 0.3) is 0 Å². The molecule has 33 heavy (non-hydrogen) atoms. The van der Waals surface area contributed by atoms with Crippen LogP contribution >= 0.6 is 0 Å². The zero-order chi connectivity index (χ0) is 23.8. The summed E-state index contributed by atoms with van der Waals surface area (Å²) in [5, 5.41) is -0.250. The molecule has 1 amide bonds. The zero-order valence-corrected chi connectivity index (χ0v) is 20.4. The largest absolute Gasteiger partial charge is 0.474 e. The fraction of sp³-hybridized carbons (Fsp3) is 0.542. The molecule has 1 N–H and O–H groups in total. The summed E-state index contributed by atoms with van der Waals surface area (Å²) in [6, 6.07) is 7.80. The molecule has 1 aliphatic carbocycles. The summed E-state index contributed by atoms with van der Waals surface area (Å²) in [7, 11) is -4.19. The molecule has 2 aromatic rings. The van der Waals surface area contributed by atoms with Crippen LogP contribution in [-0.4, -0.2) is 42.5 Å². The van der Waals surface area contributed by atoms with Crippen molar-refractivity contribution in [2.24, 2.45) is 11.8 Å². The highest BCUT2D eigenvalue weighted by molar-refractivity contribution is 7.90. The van der Waals surface area contributed by atoms with Gasteiger partial charge in [-0.15, -0.1) is 0 Å². The average Bonchev–Trinajstić information content (AvgIpc) is 3.28. The van der Waals surface area contributed by atoms with Crippen molar-refractivity contribution in [2.75, 3.05) is 11.4 Å². The molecular formula is C24H32N4O4S. The predicted molar refractivity (Wildman–Crippen MR) is 126 cm³/mol. The number of carbonyl (C=O) groups excluding carboxylic acids is 1. The first-order valence-electron chi connectivity index (χ1n) is 11.5. The highest BCUT2D eigenvalue weighted by atomic mass is 32.2. The van der Waals surface area contributed by atoms with Gasteiger partial charge < -0.3 is 9.64 Å². The molecule has 1 saturated carbocycles. The predicted octanol–water partition coefficient (Wildman–Crippen LogP) is 3.79. The Kier molecular flexibility index (Phi) is 6.35. The van der Waals surface area contributed by atoms with Gasteiger partial charge in [-0.05, 0) is 69.6 Å². The minimum absolute atomic E-state index is 0.0224. The first kappa shape index (κ1) is 23.5. The Labute approximate surface area is 195 Å². The van der Waals surface area contributed by atoms with Crippen molar-refractivity contribution in [1.82, 2.24) is 14.7 Å². The number of ether oxygens (including phenoxy) is 1. The second-order valence-corrected chi connectivity index (χ2v) is 11.5. The van der Waals surface area contributed by atoms with Crippen LogP contribution in [0.15, 0.2) is 41.6 Å². The molecule has 0 radical (unpaired) electrons. The van der Waals surface area contributed by atoms with Crippen molar-refractivity contribution in [3.8, 4) is 5.88 Å². The number of sulfonamides is 1. The Morgan fingerprint density at radius 2 is 1.97 bits per heavy atom. The third-order valence-corrected chi connectivity index (χ3v) is 7.85. The SMILES string of the molecule is CC1CN(c2ncccc2C(=O)NS(=O)(=O)c2cccc(OC3CCC[C@@H]3C)n2)C(C)(C)C1. The van der Waals surface area contributed by atoms with Crippen LogP contribution in [0.2, 0.25) is 0 Å². The molecule has 0 aromatic carbocycles. The smallest absolute Gasteiger partial charge is 0.281 e. The van der Waals surface area contributed by atoms with Crippen molar-refractivity contribution < 1.29 is 17.9 Å². The van der Waals surface area contributed by atoms with E-state index >= 15 is 0 Å². The van der Waals surface area contributed by atoms with Gasteiger partial charge in [0.15, 0.2) is 5.03 Å². The number of hydrogen-bond donors (Lipinski definition) is 1. The van der Waals surface area contributed by atoms with Crippen LogP contribution in [0.5, 0.6) is 5.88 Å². The van der Waals surface area contributed by atoms with E-state index in [4.69, 9.17) is 4.74 Å². The van der Waals surface area contributed by atoms with E-state index in [-0.39, 0.29) is 28.1 Å². The van der Waals surface area contributed by atoms with Gasteiger partial charge in [0.05, 0.1) is 5.56 Å². The number of hydrogen-bond acceptors (Lipinski definition) is 7. The lowest BCUT2D eigenvalue weighted by atomic mass is 9.97. The number of carbonyl (C=O) groups is 1. The van der Waals surface area contributed by atoms with Gasteiger partial charge in [0.1, 0.15) is 11.9 Å². The zero-order valence-electron chi connectivity index (χ0n) is 19.6. The van der Waals surface area contributed by atoms with Crippen LogP contribution in [0.3, 0.4) is 0 Å². The van der Waals surface area contributed by atoms with Crippen molar-refractivity contribution in [3.05, 3.63) is 42.1 Å². The number of aromatic nitrogens is 2. The molecule has 8 nitrogen and oxygen atoms in total. The first-order chi connectivity index (χ1) is 15.6. The summed E-state index contributed by atoms with van der Waals surface area (Å²) >= 11 is 0. The van der Waals surface area contributed by atoms with Gasteiger partial charge in [0.25, 0.3) is 15.9 Å². The summed E-state index contributed by atoms with van der Waals surface area (Å²) < 4.78 is 34.1. The summed E-state index contributed by atoms with van der Waals surface area (Å²) in [4.78, 5) is 23.8. The third-order valence-electron chi connectivity index (χ3n) is 6.62. The quantitative estimate of drug-likeness (QED) is 0.682. The molecule has 178 valence electrons. The lowest BCUT2D eigenvalue weighted by Gasteiger charge is -2.33. The molecule has 1 aliphatic heterocycles. The van der Waals surface area contributed by atoms with E-state index in [1.54, 1.807) is 30.5 Å². The topological polar surface area (TPSA) is 101 Å². The molecule has 2 fully saturated rings. The van der Waals surface area contributed by atoms with Gasteiger partial charge in [-0.2, -0.15) is 13.4 Å². The molecule has 2 unspecified atom stereocenters. The van der Waals surface area contributed by atoms with Gasteiger partial charge >= 0.3 is 0 Å². The van der Waals surface area contributed by atoms with E-state index in [0.29, 0.717) is 17.7 Å². The van der Waals surface area contributed by atoms with E-state index in [1.807, 2.05) is 0 Å². The molecule has 4 rings (SSSR count). The summed E-state index contributed by atoms with van der Waals surface area (Å²) in [5.74, 6) is 0.842. The maximum absolute atomic E-state index is 13.1. The number of nitrogens with zero attached hydrogens (tertiary/aromatic N) is 3. The maximum atomic E-state index is 13.1. The Hall–Kier alpha value is -2.68. The highest BCUT2D eigenvalue weighted by Crippen LogP contribution is 2.37. The average molecular weight is 473 g/mol. The summed E-state index contributed by atoms with van der Waals surface area (Å²) in [6.07, 6.45) is 5.68. The fourth-order valence-corrected chi connectivity index (χ4v) is 5.96. The van der Waals surface area contributed by atoms with Crippen LogP contribution in [0.1, 0.15) is 63.7 Å². The minimum atomic E-state index is -4.19. The Balaban J connectivity index is 1.55. The lowest BCUT2D eigenvalue weighted by Crippen LogP contribution is -2.41. The van der Waals surface area contributed by atoms with Gasteiger partial charge in [-0.3, -0.25) is 4.79 Å². The molecule has 2 aromatic heterocycles. The summed E-state index contributed by atoms with van der Waals surface area (Å²) in [5.41, 5.74) is 0.0298. The number of pyridine rings is 2. The van der Waals surface area contributed by atoms with Gasteiger partial charge in [-0.1, -0.05) is 19.9 Å². The van der Waals surface area contributed by atoms with E-state index < -0.39 is 15.9 Å². The lowest BCUT2D eigenvalue weighted by molar-refractivity contribution is 0.0981. The number of amides is 1. The van der Waals surface area contributed by atoms with Crippen molar-refractivity contribution in [3.63, 3.8) is 0 Å². The minimum Gasteiger partial charge on any atom is -0.474 e. The summed E-state index contributed by atoms with van der Waals surface area (Å²) in [6.45, 7) is 9.22. The van der Waals surface area contributed by atoms with Crippen molar-refractivity contribution in [1.29, 1.82) is 0 Å². The Morgan fingerprint density at radius 3 is 2.64 bits per heavy atom. The third kappa shape index (κ3) is 4.98. The Morgan fingerprint density at radius 1 is 1.18 bits per heavy atom. The Bertz CT molecular complexity index is 1130. The number of anilines is 1. The molecule has 3 atom stereocenters. The van der Waals surface area contributed by atoms with E-state index in [0.717, 1.165) is 32.2 Å². The second-order valence-electron chi connectivity index (χ2n) is 9.92. The number of nitrogens with one attached hydrogen (secondary N) is 1. The maximum Gasteiger partial charge on any atom is 0.281 e. The van der Waals surface area contributed by atoms with Crippen molar-refractivity contribution >= 4 is 21.7 Å². The monoisotopic (exact) mass is 472 g/mol. The van der Waals surface area contributed by atoms with Crippen LogP contribution in [0, 0.1) is 11.8 Å². The molecule has 0 bridgehead atoms. The first-order valence-corrected chi connectivity index (χ1v) is 13.0. The molecule has 0 spiro atoms. The van der Waals surface area contributed by atoms with E-state index in [1.165, 1.54) is 6.07 Å². The van der Waals surface area contributed by atoms with Crippen molar-refractivity contribution in [2.45, 2.75) is 70.0 Å². The normalized spacial score (nSPS) is 24.6. The fourth-order valence-electron chi connectivity index (χ4n) is 5.03. The van der Waals surface area contributed by atoms with Gasteiger partial charge in [0.2, 0.25) is 5.88 Å². The second kappa shape index (κ2) is 8.93. The van der Waals surface area contributed by atoms with Crippen LogP contribution < -0.4 is 14.4 Å². The van der Waals surface area contributed by atoms with E-state index in [2.05, 4.69) is 47.3 Å². The number of rotatable bonds is 6. The van der Waals surface area contributed by atoms with Gasteiger partial charge in [-0.25, -0.2) is 9.71 Å². The highest BCUT2D eigenvalue weighted by Gasteiger charge is 2.39. The van der Waals surface area contributed by atoms with E-state index in [9.17, 15) is 13.2 Å². The molecule has 2 aliphatic rings. The van der Waals surface area contributed by atoms with Gasteiger partial charge in [0, 0.05) is 24.3 Å². The van der Waals surface area contributed by atoms with Crippen LogP contribution in [0.4, 0.5) is 5.82 Å². The standard InChI is InChI=1S/C24H32N4O4S/c1-16-14-24(3,4)28(15-16)22-18(9-7-13-25-22)23(29)27-33(30,31)21-12-6-11-20(26-21)32-19-10-5-8-17(19)2/h6-7,9,11-13,16-17,19H,5,8,10,14-15H2,1-4H3,(H,27,29)/t16?,17-,19?/m0/s1. The molecular weight excluding hydrogens is 440 g/mol. The molecule has 9 heteroatoms. The van der Waals surface area contributed by atoms with Crippen LogP contribution in [-0.2, 0) is 10.0 Å². The molecule has 1 saturated heterocycles.